The number of hydrogen-bond donors (Lipinski definition) is 1. The van der Waals surface area contributed by atoms with E-state index in [1.807, 2.05) is 37.8 Å². The Labute approximate surface area is 269 Å². The van der Waals surface area contributed by atoms with E-state index in [0.29, 0.717) is 19.1 Å². The minimum absolute atomic E-state index is 0.207. The van der Waals surface area contributed by atoms with Crippen LogP contribution in [0.3, 0.4) is 0 Å². The van der Waals surface area contributed by atoms with Crippen molar-refractivity contribution in [2.75, 3.05) is 52.4 Å². The van der Waals surface area contributed by atoms with Crippen molar-refractivity contribution >= 4 is 6.09 Å². The Morgan fingerprint density at radius 2 is 0.889 bits per heavy atom. The molecule has 0 bridgehead atoms. The topological polar surface area (TPSA) is 48.1 Å². The molecule has 1 N–H and O–H groups in total. The third-order valence-corrected chi connectivity index (χ3v) is 8.31. The second-order valence-corrected chi connectivity index (χ2v) is 12.7. The predicted molar refractivity (Wildman–Crippen MR) is 183 cm³/mol. The van der Waals surface area contributed by atoms with Gasteiger partial charge in [-0.3, -0.25) is 9.80 Å². The van der Waals surface area contributed by atoms with Crippen LogP contribution >= 0.6 is 0 Å². The quantitative estimate of drug-likeness (QED) is 0.257. The van der Waals surface area contributed by atoms with Gasteiger partial charge < -0.3 is 15.0 Å². The fraction of sp³-hybridized carbons (Fsp3) is 0.359. The second kappa shape index (κ2) is 15.8. The monoisotopic (exact) mass is 604 g/mol. The Balaban J connectivity index is 0.000000186. The molecular formula is C39H48N4O2. The maximum Gasteiger partial charge on any atom is 0.410 e. The molecule has 0 aliphatic carbocycles. The van der Waals surface area contributed by atoms with Gasteiger partial charge in [-0.2, -0.15) is 0 Å². The minimum atomic E-state index is -0.454. The fourth-order valence-electron chi connectivity index (χ4n) is 6.20. The summed E-state index contributed by atoms with van der Waals surface area (Å²) in [6.45, 7) is 13.1. The molecule has 2 fully saturated rings. The van der Waals surface area contributed by atoms with Gasteiger partial charge in [0.2, 0.25) is 0 Å². The summed E-state index contributed by atoms with van der Waals surface area (Å²) in [7, 11) is 0. The number of nitrogens with one attached hydrogen (secondary N) is 1. The standard InChI is InChI=1S/C22H28N2O2.C17H20N2/c1-22(2,3)26-21(25)24-16-14-23(15-17-24)20(18-10-6-4-7-11-18)19-12-8-5-9-13-19;1-3-7-15(8-4-1)17(16-9-5-2-6-10-16)19-13-11-18-12-14-19/h4-13,20H,14-17H2,1-3H3;1-10,17-18H,11-14H2. The van der Waals surface area contributed by atoms with E-state index in [1.165, 1.54) is 22.3 Å². The van der Waals surface area contributed by atoms with Gasteiger partial charge in [-0.05, 0) is 43.0 Å². The van der Waals surface area contributed by atoms with Crippen molar-refractivity contribution in [1.29, 1.82) is 0 Å². The molecule has 236 valence electrons. The number of benzene rings is 4. The highest BCUT2D eigenvalue weighted by Crippen LogP contribution is 2.30. The highest BCUT2D eigenvalue weighted by Gasteiger charge is 2.30. The van der Waals surface area contributed by atoms with Gasteiger partial charge in [0.25, 0.3) is 0 Å². The van der Waals surface area contributed by atoms with Gasteiger partial charge in [0.15, 0.2) is 0 Å². The first kappa shape index (κ1) is 32.4. The molecule has 2 saturated heterocycles. The summed E-state index contributed by atoms with van der Waals surface area (Å²) < 4.78 is 5.51. The number of carbonyl (C=O) groups is 1. The van der Waals surface area contributed by atoms with Crippen molar-refractivity contribution in [3.8, 4) is 0 Å². The molecule has 0 spiro atoms. The van der Waals surface area contributed by atoms with Gasteiger partial charge in [-0.25, -0.2) is 4.79 Å². The van der Waals surface area contributed by atoms with Crippen LogP contribution in [0, 0.1) is 0 Å². The van der Waals surface area contributed by atoms with Crippen LogP contribution in [0.1, 0.15) is 55.1 Å². The van der Waals surface area contributed by atoms with Crippen LogP contribution in [0.2, 0.25) is 0 Å². The fourth-order valence-corrected chi connectivity index (χ4v) is 6.20. The SMILES string of the molecule is CC(C)(C)OC(=O)N1CCN(C(c2ccccc2)c2ccccc2)CC1.c1ccc(C(c2ccccc2)N2CCNCC2)cc1. The lowest BCUT2D eigenvalue weighted by molar-refractivity contribution is 0.0119. The number of amides is 1. The summed E-state index contributed by atoms with van der Waals surface area (Å²) in [5, 5.41) is 3.43. The molecule has 45 heavy (non-hydrogen) atoms. The lowest BCUT2D eigenvalue weighted by atomic mass is 9.96. The van der Waals surface area contributed by atoms with Crippen molar-refractivity contribution < 1.29 is 9.53 Å². The normalized spacial score (nSPS) is 16.2. The van der Waals surface area contributed by atoms with Gasteiger partial charge >= 0.3 is 6.09 Å². The van der Waals surface area contributed by atoms with E-state index in [1.54, 1.807) is 0 Å². The first-order valence-corrected chi connectivity index (χ1v) is 16.3. The highest BCUT2D eigenvalue weighted by molar-refractivity contribution is 5.68. The van der Waals surface area contributed by atoms with E-state index in [2.05, 4.69) is 124 Å². The number of hydrogen-bond acceptors (Lipinski definition) is 5. The Morgan fingerprint density at radius 3 is 1.22 bits per heavy atom. The molecular weight excluding hydrogens is 556 g/mol. The average Bonchev–Trinajstić information content (AvgIpc) is 3.07. The van der Waals surface area contributed by atoms with Crippen molar-refractivity contribution in [3.05, 3.63) is 144 Å². The number of piperazine rings is 2. The summed E-state index contributed by atoms with van der Waals surface area (Å²) in [6, 6.07) is 43.4. The van der Waals surface area contributed by atoms with Gasteiger partial charge in [-0.15, -0.1) is 0 Å². The highest BCUT2D eigenvalue weighted by atomic mass is 16.6. The van der Waals surface area contributed by atoms with Crippen LogP contribution in [0.15, 0.2) is 121 Å². The number of nitrogens with zero attached hydrogens (tertiary/aromatic N) is 3. The van der Waals surface area contributed by atoms with Crippen LogP contribution < -0.4 is 5.32 Å². The number of carbonyl (C=O) groups excluding carboxylic acids is 1. The molecule has 0 atom stereocenters. The summed E-state index contributed by atoms with van der Waals surface area (Å²) in [4.78, 5) is 19.2. The van der Waals surface area contributed by atoms with E-state index < -0.39 is 5.60 Å². The summed E-state index contributed by atoms with van der Waals surface area (Å²) in [5.74, 6) is 0. The van der Waals surface area contributed by atoms with Crippen LogP contribution in [-0.2, 0) is 4.74 Å². The summed E-state index contributed by atoms with van der Waals surface area (Å²) in [6.07, 6.45) is -0.215. The maximum atomic E-state index is 12.3. The average molecular weight is 605 g/mol. The van der Waals surface area contributed by atoms with Crippen LogP contribution in [0.5, 0.6) is 0 Å². The Morgan fingerprint density at radius 1 is 0.556 bits per heavy atom. The van der Waals surface area contributed by atoms with Crippen molar-refractivity contribution in [3.63, 3.8) is 0 Å². The molecule has 0 saturated carbocycles. The molecule has 4 aromatic carbocycles. The molecule has 1 amide bonds. The Kier molecular flexibility index (Phi) is 11.4. The first-order chi connectivity index (χ1) is 21.9. The molecule has 6 nitrogen and oxygen atoms in total. The Hall–Kier alpha value is -3.97. The van der Waals surface area contributed by atoms with Gasteiger partial charge in [0, 0.05) is 52.4 Å². The van der Waals surface area contributed by atoms with E-state index >= 15 is 0 Å². The zero-order chi connectivity index (χ0) is 31.5. The molecule has 6 heteroatoms. The van der Waals surface area contributed by atoms with Crippen molar-refractivity contribution in [2.45, 2.75) is 38.5 Å². The zero-order valence-electron chi connectivity index (χ0n) is 27.0. The molecule has 2 aliphatic heterocycles. The number of ether oxygens (including phenoxy) is 1. The smallest absolute Gasteiger partial charge is 0.410 e. The molecule has 0 unspecified atom stereocenters. The predicted octanol–water partition coefficient (Wildman–Crippen LogP) is 7.01. The van der Waals surface area contributed by atoms with E-state index in [0.717, 1.165) is 39.3 Å². The molecule has 2 aliphatic rings. The summed E-state index contributed by atoms with van der Waals surface area (Å²) >= 11 is 0. The van der Waals surface area contributed by atoms with Gasteiger partial charge in [0.05, 0.1) is 12.1 Å². The largest absolute Gasteiger partial charge is 0.444 e. The van der Waals surface area contributed by atoms with Crippen LogP contribution in [0.25, 0.3) is 0 Å². The zero-order valence-corrected chi connectivity index (χ0v) is 27.0. The molecule has 0 radical (unpaired) electrons. The van der Waals surface area contributed by atoms with Gasteiger partial charge in [-0.1, -0.05) is 121 Å². The molecule has 6 rings (SSSR count). The maximum absolute atomic E-state index is 12.3. The molecule has 0 aromatic heterocycles. The van der Waals surface area contributed by atoms with Gasteiger partial charge in [0.1, 0.15) is 5.60 Å². The van der Waals surface area contributed by atoms with E-state index in [9.17, 15) is 4.79 Å². The number of rotatable bonds is 6. The first-order valence-electron chi connectivity index (χ1n) is 16.3. The molecule has 2 heterocycles. The molecule has 4 aromatic rings. The summed E-state index contributed by atoms with van der Waals surface area (Å²) in [5.41, 5.74) is 4.88. The van der Waals surface area contributed by atoms with Crippen LogP contribution in [0.4, 0.5) is 4.79 Å². The minimum Gasteiger partial charge on any atom is -0.444 e. The van der Waals surface area contributed by atoms with Crippen LogP contribution in [-0.4, -0.2) is 78.8 Å². The Bertz CT molecular complexity index is 1330. The van der Waals surface area contributed by atoms with E-state index in [4.69, 9.17) is 4.74 Å². The van der Waals surface area contributed by atoms with E-state index in [-0.39, 0.29) is 12.1 Å². The van der Waals surface area contributed by atoms with Crippen molar-refractivity contribution in [2.24, 2.45) is 0 Å². The third-order valence-electron chi connectivity index (χ3n) is 8.31. The second-order valence-electron chi connectivity index (χ2n) is 12.7. The lowest BCUT2D eigenvalue weighted by Gasteiger charge is -2.40. The third kappa shape index (κ3) is 9.27. The van der Waals surface area contributed by atoms with Crippen molar-refractivity contribution in [1.82, 2.24) is 20.0 Å². The lowest BCUT2D eigenvalue weighted by Crippen LogP contribution is -2.51.